The van der Waals surface area contributed by atoms with Crippen LogP contribution in [-0.2, 0) is 4.79 Å². The molecule has 5 heteroatoms. The molecule has 1 amide bonds. The van der Waals surface area contributed by atoms with Crippen LogP contribution in [-0.4, -0.2) is 39.7 Å². The van der Waals surface area contributed by atoms with E-state index in [9.17, 15) is 4.79 Å². The monoisotopic (exact) mass is 248 g/mol. The van der Waals surface area contributed by atoms with E-state index in [0.717, 1.165) is 19.5 Å². The summed E-state index contributed by atoms with van der Waals surface area (Å²) in [4.78, 5) is 14.4. The smallest absolute Gasteiger partial charge is 0.247 e. The number of nitrogens with two attached hydrogens (primary N) is 1. The molecule has 3 rings (SSSR count). The first-order valence-corrected chi connectivity index (χ1v) is 6.70. The van der Waals surface area contributed by atoms with Gasteiger partial charge in [0.25, 0.3) is 0 Å². The first kappa shape index (κ1) is 11.7. The molecule has 2 aliphatic rings. The summed E-state index contributed by atoms with van der Waals surface area (Å²) < 4.78 is 1.72. The molecular formula is C13H20N4O. The number of amides is 1. The molecule has 0 aromatic carbocycles. The summed E-state index contributed by atoms with van der Waals surface area (Å²) >= 11 is 0. The number of fused-ring (bicyclic) bond motifs is 1. The van der Waals surface area contributed by atoms with E-state index in [1.807, 2.05) is 24.1 Å². The molecule has 1 aromatic heterocycles. The molecule has 0 bridgehead atoms. The molecule has 18 heavy (non-hydrogen) atoms. The molecule has 4 unspecified atom stereocenters. The van der Waals surface area contributed by atoms with Crippen molar-refractivity contribution in [2.24, 2.45) is 17.6 Å². The number of likely N-dealkylation sites (tertiary alicyclic amines) is 1. The van der Waals surface area contributed by atoms with Gasteiger partial charge < -0.3 is 10.6 Å². The van der Waals surface area contributed by atoms with E-state index in [1.54, 1.807) is 10.9 Å². The lowest BCUT2D eigenvalue weighted by Gasteiger charge is -2.22. The lowest BCUT2D eigenvalue weighted by Crippen LogP contribution is -2.37. The highest BCUT2D eigenvalue weighted by Gasteiger charge is 2.43. The Hall–Kier alpha value is -1.36. The van der Waals surface area contributed by atoms with E-state index < -0.39 is 0 Å². The van der Waals surface area contributed by atoms with Gasteiger partial charge >= 0.3 is 0 Å². The fourth-order valence-electron chi connectivity index (χ4n) is 3.37. The molecule has 1 aliphatic carbocycles. The van der Waals surface area contributed by atoms with Crippen LogP contribution in [0.15, 0.2) is 18.5 Å². The van der Waals surface area contributed by atoms with Crippen LogP contribution < -0.4 is 5.73 Å². The maximum Gasteiger partial charge on any atom is 0.247 e. The minimum atomic E-state index is -0.213. The molecule has 1 saturated heterocycles. The molecule has 1 saturated carbocycles. The standard InChI is InChI=1S/C13H20N4O/c1-9(17-6-2-5-15-17)13(18)16-7-10-3-4-12(14)11(10)8-16/h2,5-6,9-12H,3-4,7-8,14H2,1H3. The fourth-order valence-corrected chi connectivity index (χ4v) is 3.37. The molecule has 2 fully saturated rings. The normalized spacial score (nSPS) is 32.6. The van der Waals surface area contributed by atoms with Crippen LogP contribution in [0.5, 0.6) is 0 Å². The second-order valence-electron chi connectivity index (χ2n) is 5.57. The van der Waals surface area contributed by atoms with Crippen LogP contribution >= 0.6 is 0 Å². The average molecular weight is 248 g/mol. The number of carbonyl (C=O) groups excluding carboxylic acids is 1. The third kappa shape index (κ3) is 1.82. The summed E-state index contributed by atoms with van der Waals surface area (Å²) in [5, 5.41) is 4.14. The highest BCUT2D eigenvalue weighted by molar-refractivity contribution is 5.80. The molecule has 4 atom stereocenters. The Labute approximate surface area is 107 Å². The van der Waals surface area contributed by atoms with Crippen molar-refractivity contribution < 1.29 is 4.79 Å². The van der Waals surface area contributed by atoms with Crippen LogP contribution in [0.4, 0.5) is 0 Å². The Balaban J connectivity index is 1.68. The number of nitrogens with zero attached hydrogens (tertiary/aromatic N) is 3. The third-order valence-electron chi connectivity index (χ3n) is 4.50. The van der Waals surface area contributed by atoms with E-state index in [2.05, 4.69) is 5.10 Å². The molecule has 2 heterocycles. The van der Waals surface area contributed by atoms with Gasteiger partial charge in [-0.25, -0.2) is 0 Å². The quantitative estimate of drug-likeness (QED) is 0.835. The molecule has 1 aromatic rings. The van der Waals surface area contributed by atoms with E-state index in [-0.39, 0.29) is 18.0 Å². The first-order valence-electron chi connectivity index (χ1n) is 6.70. The Morgan fingerprint density at radius 3 is 2.94 bits per heavy atom. The van der Waals surface area contributed by atoms with Crippen LogP contribution in [0.1, 0.15) is 25.8 Å². The van der Waals surface area contributed by atoms with Gasteiger partial charge in [-0.2, -0.15) is 5.10 Å². The van der Waals surface area contributed by atoms with Crippen molar-refractivity contribution in [1.82, 2.24) is 14.7 Å². The highest BCUT2D eigenvalue weighted by Crippen LogP contribution is 2.37. The Bertz CT molecular complexity index is 430. The summed E-state index contributed by atoms with van der Waals surface area (Å²) in [6, 6.07) is 1.92. The predicted molar refractivity (Wildman–Crippen MR) is 67.7 cm³/mol. The zero-order chi connectivity index (χ0) is 12.7. The maximum absolute atomic E-state index is 12.4. The predicted octanol–water partition coefficient (Wildman–Crippen LogP) is 0.640. The van der Waals surface area contributed by atoms with Gasteiger partial charge in [0.05, 0.1) is 0 Å². The van der Waals surface area contributed by atoms with Crippen molar-refractivity contribution in [3.05, 3.63) is 18.5 Å². The molecular weight excluding hydrogens is 228 g/mol. The molecule has 1 aliphatic heterocycles. The SMILES string of the molecule is CC(C(=O)N1CC2CCC(N)C2C1)n1cccn1. The summed E-state index contributed by atoms with van der Waals surface area (Å²) in [5.74, 6) is 1.30. The summed E-state index contributed by atoms with van der Waals surface area (Å²) in [7, 11) is 0. The molecule has 5 nitrogen and oxygen atoms in total. The van der Waals surface area contributed by atoms with E-state index >= 15 is 0 Å². The molecule has 0 spiro atoms. The average Bonchev–Trinajstić information content (AvgIpc) is 3.06. The Kier molecular flexibility index (Phi) is 2.86. The van der Waals surface area contributed by atoms with Crippen molar-refractivity contribution in [2.45, 2.75) is 31.8 Å². The number of aromatic nitrogens is 2. The topological polar surface area (TPSA) is 64.2 Å². The Morgan fingerprint density at radius 1 is 1.44 bits per heavy atom. The van der Waals surface area contributed by atoms with Gasteiger partial charge in [-0.05, 0) is 37.7 Å². The largest absolute Gasteiger partial charge is 0.340 e. The summed E-state index contributed by atoms with van der Waals surface area (Å²) in [6.07, 6.45) is 5.83. The minimum absolute atomic E-state index is 0.167. The zero-order valence-corrected chi connectivity index (χ0v) is 10.7. The lowest BCUT2D eigenvalue weighted by molar-refractivity contribution is -0.133. The Morgan fingerprint density at radius 2 is 2.28 bits per heavy atom. The van der Waals surface area contributed by atoms with Crippen molar-refractivity contribution in [3.63, 3.8) is 0 Å². The van der Waals surface area contributed by atoms with Crippen LogP contribution in [0.2, 0.25) is 0 Å². The van der Waals surface area contributed by atoms with Crippen LogP contribution in [0.25, 0.3) is 0 Å². The highest BCUT2D eigenvalue weighted by atomic mass is 16.2. The first-order chi connectivity index (χ1) is 8.66. The van der Waals surface area contributed by atoms with Gasteiger partial charge in [-0.1, -0.05) is 0 Å². The van der Waals surface area contributed by atoms with Crippen molar-refractivity contribution in [3.8, 4) is 0 Å². The van der Waals surface area contributed by atoms with Crippen molar-refractivity contribution in [1.29, 1.82) is 0 Å². The zero-order valence-electron chi connectivity index (χ0n) is 10.7. The van der Waals surface area contributed by atoms with E-state index in [0.29, 0.717) is 11.8 Å². The molecule has 98 valence electrons. The van der Waals surface area contributed by atoms with Gasteiger partial charge in [0, 0.05) is 31.5 Å². The fraction of sp³-hybridized carbons (Fsp3) is 0.692. The minimum Gasteiger partial charge on any atom is -0.340 e. The van der Waals surface area contributed by atoms with Gasteiger partial charge in [0.15, 0.2) is 0 Å². The van der Waals surface area contributed by atoms with Crippen LogP contribution in [0.3, 0.4) is 0 Å². The second-order valence-corrected chi connectivity index (χ2v) is 5.57. The molecule has 0 radical (unpaired) electrons. The van der Waals surface area contributed by atoms with E-state index in [1.165, 1.54) is 6.42 Å². The van der Waals surface area contributed by atoms with Crippen LogP contribution in [0, 0.1) is 11.8 Å². The second kappa shape index (κ2) is 4.39. The number of carbonyl (C=O) groups is 1. The summed E-state index contributed by atoms with van der Waals surface area (Å²) in [5.41, 5.74) is 6.10. The number of hydrogen-bond acceptors (Lipinski definition) is 3. The summed E-state index contributed by atoms with van der Waals surface area (Å²) in [6.45, 7) is 3.61. The maximum atomic E-state index is 12.4. The number of hydrogen-bond donors (Lipinski definition) is 1. The van der Waals surface area contributed by atoms with Crippen molar-refractivity contribution >= 4 is 5.91 Å². The van der Waals surface area contributed by atoms with Crippen molar-refractivity contribution in [2.75, 3.05) is 13.1 Å². The third-order valence-corrected chi connectivity index (χ3v) is 4.50. The molecule has 2 N–H and O–H groups in total. The van der Waals surface area contributed by atoms with E-state index in [4.69, 9.17) is 5.73 Å². The van der Waals surface area contributed by atoms with Gasteiger partial charge in [-0.15, -0.1) is 0 Å². The van der Waals surface area contributed by atoms with Gasteiger partial charge in [0.1, 0.15) is 6.04 Å². The van der Waals surface area contributed by atoms with Gasteiger partial charge in [0.2, 0.25) is 5.91 Å². The van der Waals surface area contributed by atoms with Gasteiger partial charge in [-0.3, -0.25) is 9.48 Å². The number of rotatable bonds is 2. The lowest BCUT2D eigenvalue weighted by atomic mass is 9.98.